The standard InChI is InChI=1S/C18H32N2O/c1-3-5-11-15-18(21)20(16-12-14(16)8-4-2)17(19-15)13-9-6-7-10-13/h13-17,19H,3-12H2,1-2H3. The molecule has 3 heteroatoms. The minimum Gasteiger partial charge on any atom is -0.322 e. The van der Waals surface area contributed by atoms with Crippen LogP contribution >= 0.6 is 0 Å². The summed E-state index contributed by atoms with van der Waals surface area (Å²) in [7, 11) is 0. The van der Waals surface area contributed by atoms with Crippen LogP contribution in [0.1, 0.15) is 78.1 Å². The minimum absolute atomic E-state index is 0.110. The van der Waals surface area contributed by atoms with Gasteiger partial charge in [-0.2, -0.15) is 0 Å². The first kappa shape index (κ1) is 15.3. The molecule has 0 bridgehead atoms. The van der Waals surface area contributed by atoms with Crippen molar-refractivity contribution >= 4 is 5.91 Å². The fraction of sp³-hybridized carbons (Fsp3) is 0.944. The highest BCUT2D eigenvalue weighted by atomic mass is 16.2. The molecule has 2 aliphatic carbocycles. The SMILES string of the molecule is CCCCC1NC(C2CCCC2)N(C2CC2CCC)C1=O. The molecule has 3 nitrogen and oxygen atoms in total. The summed E-state index contributed by atoms with van der Waals surface area (Å²) in [5.74, 6) is 1.92. The van der Waals surface area contributed by atoms with Crippen LogP contribution < -0.4 is 5.32 Å². The van der Waals surface area contributed by atoms with Gasteiger partial charge < -0.3 is 4.90 Å². The van der Waals surface area contributed by atoms with Crippen LogP contribution in [0.5, 0.6) is 0 Å². The number of hydrogen-bond acceptors (Lipinski definition) is 2. The summed E-state index contributed by atoms with van der Waals surface area (Å²) < 4.78 is 0. The second-order valence-electron chi connectivity index (χ2n) is 7.45. The second-order valence-corrected chi connectivity index (χ2v) is 7.45. The van der Waals surface area contributed by atoms with E-state index in [0.29, 0.717) is 24.0 Å². The monoisotopic (exact) mass is 292 g/mol. The molecule has 1 aliphatic heterocycles. The molecule has 0 spiro atoms. The third-order valence-electron chi connectivity index (χ3n) is 5.82. The van der Waals surface area contributed by atoms with E-state index in [1.165, 1.54) is 51.4 Å². The van der Waals surface area contributed by atoms with E-state index in [9.17, 15) is 4.79 Å². The third kappa shape index (κ3) is 3.13. The molecule has 1 amide bonds. The Balaban J connectivity index is 1.68. The predicted molar refractivity (Wildman–Crippen MR) is 85.8 cm³/mol. The third-order valence-corrected chi connectivity index (χ3v) is 5.82. The molecule has 120 valence electrons. The highest BCUT2D eigenvalue weighted by molar-refractivity contribution is 5.85. The number of rotatable bonds is 7. The normalized spacial score (nSPS) is 36.7. The summed E-state index contributed by atoms with van der Waals surface area (Å²) in [4.78, 5) is 15.2. The molecule has 3 aliphatic rings. The highest BCUT2D eigenvalue weighted by Gasteiger charge is 2.52. The van der Waals surface area contributed by atoms with Gasteiger partial charge in [0.05, 0.1) is 12.2 Å². The lowest BCUT2D eigenvalue weighted by Gasteiger charge is -2.29. The van der Waals surface area contributed by atoms with Crippen molar-refractivity contribution < 1.29 is 4.79 Å². The Morgan fingerprint density at radius 1 is 1.14 bits per heavy atom. The lowest BCUT2D eigenvalue weighted by atomic mass is 10.0. The number of hydrogen-bond donors (Lipinski definition) is 1. The predicted octanol–water partition coefficient (Wildman–Crippen LogP) is 3.68. The lowest BCUT2D eigenvalue weighted by molar-refractivity contribution is -0.131. The van der Waals surface area contributed by atoms with E-state index in [-0.39, 0.29) is 6.04 Å². The van der Waals surface area contributed by atoms with Crippen LogP contribution in [0.15, 0.2) is 0 Å². The Hall–Kier alpha value is -0.570. The van der Waals surface area contributed by atoms with Gasteiger partial charge in [-0.1, -0.05) is 46.0 Å². The van der Waals surface area contributed by atoms with Gasteiger partial charge >= 0.3 is 0 Å². The van der Waals surface area contributed by atoms with E-state index < -0.39 is 0 Å². The Morgan fingerprint density at radius 2 is 1.90 bits per heavy atom. The van der Waals surface area contributed by atoms with Crippen molar-refractivity contribution in [2.24, 2.45) is 11.8 Å². The summed E-state index contributed by atoms with van der Waals surface area (Å²) in [5.41, 5.74) is 0. The van der Waals surface area contributed by atoms with Gasteiger partial charge in [-0.3, -0.25) is 10.1 Å². The minimum atomic E-state index is 0.110. The topological polar surface area (TPSA) is 32.3 Å². The summed E-state index contributed by atoms with van der Waals surface area (Å²) in [6, 6.07) is 0.667. The van der Waals surface area contributed by atoms with Gasteiger partial charge in [0.2, 0.25) is 5.91 Å². The largest absolute Gasteiger partial charge is 0.322 e. The van der Waals surface area contributed by atoms with E-state index >= 15 is 0 Å². The number of nitrogens with zero attached hydrogens (tertiary/aromatic N) is 1. The van der Waals surface area contributed by atoms with Crippen LogP contribution in [0, 0.1) is 11.8 Å². The fourth-order valence-corrected chi connectivity index (χ4v) is 4.55. The first-order chi connectivity index (χ1) is 10.3. The summed E-state index contributed by atoms with van der Waals surface area (Å²) in [6.45, 7) is 4.47. The first-order valence-corrected chi connectivity index (χ1v) is 9.34. The van der Waals surface area contributed by atoms with Crippen LogP contribution in [0.4, 0.5) is 0 Å². The summed E-state index contributed by atoms with van der Waals surface area (Å²) in [6.07, 6.45) is 12.9. The van der Waals surface area contributed by atoms with Gasteiger partial charge in [0, 0.05) is 6.04 Å². The summed E-state index contributed by atoms with van der Waals surface area (Å²) >= 11 is 0. The van der Waals surface area contributed by atoms with E-state index in [0.717, 1.165) is 18.8 Å². The van der Waals surface area contributed by atoms with Gasteiger partial charge in [-0.25, -0.2) is 0 Å². The maximum atomic E-state index is 12.9. The molecular formula is C18H32N2O. The van der Waals surface area contributed by atoms with Crippen LogP contribution in [0.2, 0.25) is 0 Å². The Labute approximate surface area is 129 Å². The zero-order valence-corrected chi connectivity index (χ0v) is 13.8. The Kier molecular flexibility index (Phi) is 4.88. The van der Waals surface area contributed by atoms with Crippen molar-refractivity contribution in [2.45, 2.75) is 96.3 Å². The smallest absolute Gasteiger partial charge is 0.241 e. The zero-order valence-electron chi connectivity index (χ0n) is 13.8. The number of amides is 1. The molecule has 1 heterocycles. The van der Waals surface area contributed by atoms with Gasteiger partial charge in [0.25, 0.3) is 0 Å². The molecule has 3 fully saturated rings. The molecule has 4 unspecified atom stereocenters. The first-order valence-electron chi connectivity index (χ1n) is 9.34. The molecule has 0 aromatic carbocycles. The van der Waals surface area contributed by atoms with Crippen molar-refractivity contribution in [2.75, 3.05) is 0 Å². The molecule has 0 aromatic heterocycles. The van der Waals surface area contributed by atoms with Crippen molar-refractivity contribution in [1.82, 2.24) is 10.2 Å². The zero-order chi connectivity index (χ0) is 14.8. The molecule has 4 atom stereocenters. The van der Waals surface area contributed by atoms with Crippen LogP contribution in [0.3, 0.4) is 0 Å². The molecular weight excluding hydrogens is 260 g/mol. The molecule has 21 heavy (non-hydrogen) atoms. The second kappa shape index (κ2) is 6.68. The average Bonchev–Trinajstić information content (AvgIpc) is 2.90. The van der Waals surface area contributed by atoms with E-state index in [4.69, 9.17) is 0 Å². The molecule has 0 aromatic rings. The van der Waals surface area contributed by atoms with Crippen molar-refractivity contribution in [3.8, 4) is 0 Å². The van der Waals surface area contributed by atoms with Gasteiger partial charge in [-0.15, -0.1) is 0 Å². The number of unbranched alkanes of at least 4 members (excludes halogenated alkanes) is 1. The number of carbonyl (C=O) groups excluding carboxylic acids is 1. The fourth-order valence-electron chi connectivity index (χ4n) is 4.55. The van der Waals surface area contributed by atoms with Gasteiger partial charge in [-0.05, 0) is 43.9 Å². The van der Waals surface area contributed by atoms with E-state index in [1.807, 2.05) is 0 Å². The molecule has 3 rings (SSSR count). The highest BCUT2D eigenvalue weighted by Crippen LogP contribution is 2.44. The van der Waals surface area contributed by atoms with Gasteiger partial charge in [0.15, 0.2) is 0 Å². The lowest BCUT2D eigenvalue weighted by Crippen LogP contribution is -2.44. The van der Waals surface area contributed by atoms with Crippen molar-refractivity contribution in [1.29, 1.82) is 0 Å². The number of nitrogens with one attached hydrogen (secondary N) is 1. The quantitative estimate of drug-likeness (QED) is 0.776. The van der Waals surface area contributed by atoms with Crippen LogP contribution in [-0.4, -0.2) is 29.1 Å². The Morgan fingerprint density at radius 3 is 2.57 bits per heavy atom. The molecule has 0 radical (unpaired) electrons. The Bertz CT molecular complexity index is 364. The number of carbonyl (C=O) groups is 1. The molecule has 1 N–H and O–H groups in total. The van der Waals surface area contributed by atoms with Crippen molar-refractivity contribution in [3.05, 3.63) is 0 Å². The summed E-state index contributed by atoms with van der Waals surface area (Å²) in [5, 5.41) is 3.73. The van der Waals surface area contributed by atoms with Gasteiger partial charge in [0.1, 0.15) is 0 Å². The molecule has 2 saturated carbocycles. The van der Waals surface area contributed by atoms with Crippen LogP contribution in [-0.2, 0) is 4.79 Å². The maximum absolute atomic E-state index is 12.9. The average molecular weight is 292 g/mol. The maximum Gasteiger partial charge on any atom is 0.241 e. The van der Waals surface area contributed by atoms with Crippen molar-refractivity contribution in [3.63, 3.8) is 0 Å². The van der Waals surface area contributed by atoms with Crippen LogP contribution in [0.25, 0.3) is 0 Å². The van der Waals surface area contributed by atoms with E-state index in [2.05, 4.69) is 24.1 Å². The molecule has 1 saturated heterocycles. The van der Waals surface area contributed by atoms with E-state index in [1.54, 1.807) is 0 Å².